The van der Waals surface area contributed by atoms with Crippen LogP contribution in [0.3, 0.4) is 0 Å². The first-order chi connectivity index (χ1) is 11.3. The van der Waals surface area contributed by atoms with Crippen molar-refractivity contribution in [1.82, 2.24) is 14.9 Å². The van der Waals surface area contributed by atoms with Crippen molar-refractivity contribution in [3.8, 4) is 5.88 Å². The van der Waals surface area contributed by atoms with E-state index in [0.717, 1.165) is 44.8 Å². The summed E-state index contributed by atoms with van der Waals surface area (Å²) in [6.07, 6.45) is 5.66. The van der Waals surface area contributed by atoms with Crippen LogP contribution in [0.2, 0.25) is 0 Å². The van der Waals surface area contributed by atoms with Crippen LogP contribution in [-0.2, 0) is 11.3 Å². The summed E-state index contributed by atoms with van der Waals surface area (Å²) < 4.78 is 12.1. The fourth-order valence-electron chi connectivity index (χ4n) is 3.49. The highest BCUT2D eigenvalue weighted by molar-refractivity contribution is 5.11. The number of likely N-dealkylation sites (tertiary alicyclic amines) is 1. The largest absolute Gasteiger partial charge is 0.474 e. The number of hydrogen-bond acceptors (Lipinski definition) is 5. The maximum Gasteiger partial charge on any atom is 0.213 e. The highest BCUT2D eigenvalue weighted by atomic mass is 16.5. The third kappa shape index (κ3) is 3.35. The first-order valence-electron chi connectivity index (χ1n) is 8.15. The summed E-state index contributed by atoms with van der Waals surface area (Å²) >= 11 is 0. The second-order valence-corrected chi connectivity index (χ2v) is 6.40. The molecule has 0 N–H and O–H groups in total. The number of aromatic nitrogens is 2. The van der Waals surface area contributed by atoms with Gasteiger partial charge in [0, 0.05) is 50.9 Å². The molecule has 23 heavy (non-hydrogen) atoms. The van der Waals surface area contributed by atoms with E-state index in [1.54, 1.807) is 6.20 Å². The first kappa shape index (κ1) is 14.6. The lowest BCUT2D eigenvalue weighted by Crippen LogP contribution is -2.65. The van der Waals surface area contributed by atoms with Crippen molar-refractivity contribution in [2.45, 2.75) is 31.1 Å². The van der Waals surface area contributed by atoms with E-state index in [1.165, 1.54) is 0 Å². The molecule has 0 aliphatic carbocycles. The van der Waals surface area contributed by atoms with Crippen LogP contribution in [0.4, 0.5) is 0 Å². The van der Waals surface area contributed by atoms with Crippen molar-refractivity contribution in [2.24, 2.45) is 0 Å². The van der Waals surface area contributed by atoms with E-state index in [4.69, 9.17) is 9.47 Å². The van der Waals surface area contributed by atoms with Crippen molar-refractivity contribution in [3.63, 3.8) is 0 Å². The first-order valence-corrected chi connectivity index (χ1v) is 8.15. The number of ether oxygens (including phenoxy) is 2. The molecule has 2 aromatic rings. The lowest BCUT2D eigenvalue weighted by molar-refractivity contribution is -0.188. The summed E-state index contributed by atoms with van der Waals surface area (Å²) in [4.78, 5) is 11.0. The number of nitrogens with zero attached hydrogens (tertiary/aromatic N) is 3. The summed E-state index contributed by atoms with van der Waals surface area (Å²) in [7, 11) is 0. The molecule has 120 valence electrons. The quantitative estimate of drug-likeness (QED) is 0.867. The molecule has 2 aliphatic rings. The second kappa shape index (κ2) is 6.26. The van der Waals surface area contributed by atoms with Gasteiger partial charge < -0.3 is 9.47 Å². The van der Waals surface area contributed by atoms with Crippen molar-refractivity contribution < 1.29 is 9.47 Å². The predicted molar refractivity (Wildman–Crippen MR) is 86.1 cm³/mol. The molecule has 0 amide bonds. The zero-order valence-corrected chi connectivity index (χ0v) is 13.1. The Balaban J connectivity index is 1.32. The summed E-state index contributed by atoms with van der Waals surface area (Å²) in [6.45, 7) is 3.55. The molecule has 4 heterocycles. The topological polar surface area (TPSA) is 47.5 Å². The van der Waals surface area contributed by atoms with Gasteiger partial charge >= 0.3 is 0 Å². The highest BCUT2D eigenvalue weighted by Gasteiger charge is 2.48. The lowest BCUT2D eigenvalue weighted by atomic mass is 9.84. The molecule has 2 fully saturated rings. The maximum absolute atomic E-state index is 6.07. The Morgan fingerprint density at radius 3 is 2.70 bits per heavy atom. The van der Waals surface area contributed by atoms with Gasteiger partial charge in [0.1, 0.15) is 6.10 Å². The van der Waals surface area contributed by atoms with E-state index in [2.05, 4.69) is 20.9 Å². The molecule has 2 aliphatic heterocycles. The summed E-state index contributed by atoms with van der Waals surface area (Å²) in [5.41, 5.74) is 1.06. The Hall–Kier alpha value is -1.98. The Morgan fingerprint density at radius 1 is 1.13 bits per heavy atom. The van der Waals surface area contributed by atoms with Gasteiger partial charge in [0.25, 0.3) is 0 Å². The minimum atomic E-state index is -0.0491. The Labute approximate surface area is 136 Å². The van der Waals surface area contributed by atoms with Crippen molar-refractivity contribution in [3.05, 3.63) is 54.5 Å². The van der Waals surface area contributed by atoms with E-state index in [9.17, 15) is 0 Å². The zero-order valence-electron chi connectivity index (χ0n) is 13.1. The van der Waals surface area contributed by atoms with Gasteiger partial charge in [0.2, 0.25) is 5.88 Å². The van der Waals surface area contributed by atoms with Crippen molar-refractivity contribution in [1.29, 1.82) is 0 Å². The second-order valence-electron chi connectivity index (χ2n) is 6.40. The number of pyridine rings is 2. The molecule has 4 rings (SSSR count). The van der Waals surface area contributed by atoms with E-state index in [1.807, 2.05) is 36.5 Å². The van der Waals surface area contributed by atoms with Gasteiger partial charge in [-0.1, -0.05) is 12.1 Å². The molecule has 2 saturated heterocycles. The van der Waals surface area contributed by atoms with Crippen LogP contribution in [0.1, 0.15) is 18.5 Å². The fraction of sp³-hybridized carbons (Fsp3) is 0.444. The van der Waals surface area contributed by atoms with Gasteiger partial charge in [-0.2, -0.15) is 0 Å². The average Bonchev–Trinajstić information content (AvgIpc) is 2.56. The van der Waals surface area contributed by atoms with Gasteiger partial charge in [-0.3, -0.25) is 9.88 Å². The summed E-state index contributed by atoms with van der Waals surface area (Å²) in [6, 6.07) is 11.8. The normalized spacial score (nSPS) is 23.4. The molecule has 1 spiro atoms. The molecule has 0 radical (unpaired) electrons. The smallest absolute Gasteiger partial charge is 0.213 e. The third-order valence-corrected chi connectivity index (χ3v) is 4.51. The molecular formula is C18H21N3O2. The molecule has 1 atom stereocenters. The molecule has 5 nitrogen and oxygen atoms in total. The minimum Gasteiger partial charge on any atom is -0.474 e. The van der Waals surface area contributed by atoms with Gasteiger partial charge in [0.15, 0.2) is 0 Å². The average molecular weight is 311 g/mol. The van der Waals surface area contributed by atoms with Crippen LogP contribution >= 0.6 is 0 Å². The Morgan fingerprint density at radius 2 is 1.96 bits per heavy atom. The third-order valence-electron chi connectivity index (χ3n) is 4.51. The van der Waals surface area contributed by atoms with Crippen LogP contribution in [0.25, 0.3) is 0 Å². The van der Waals surface area contributed by atoms with Crippen LogP contribution in [0.15, 0.2) is 48.8 Å². The maximum atomic E-state index is 6.07. The fourth-order valence-corrected chi connectivity index (χ4v) is 3.49. The summed E-state index contributed by atoms with van der Waals surface area (Å²) in [5.74, 6) is 0.708. The van der Waals surface area contributed by atoms with Gasteiger partial charge in [-0.25, -0.2) is 4.98 Å². The van der Waals surface area contributed by atoms with Crippen LogP contribution in [-0.4, -0.2) is 46.3 Å². The molecule has 5 heteroatoms. The number of rotatable bonds is 4. The number of hydrogen-bond donors (Lipinski definition) is 0. The lowest BCUT2D eigenvalue weighted by Gasteiger charge is -2.52. The monoisotopic (exact) mass is 311 g/mol. The van der Waals surface area contributed by atoms with Crippen molar-refractivity contribution >= 4 is 0 Å². The standard InChI is InChI=1S/C18H21N3O2/c1-3-8-19-15(5-1)12-21-13-18(14-21)11-16(7-10-22-18)23-17-6-2-4-9-20-17/h1-6,8-9,16H,7,10-14H2/t16-/m1/s1. The molecule has 2 aromatic heterocycles. The molecule has 0 saturated carbocycles. The van der Waals surface area contributed by atoms with Gasteiger partial charge in [-0.05, 0) is 18.2 Å². The molecule has 0 aromatic carbocycles. The van der Waals surface area contributed by atoms with Crippen LogP contribution in [0, 0.1) is 0 Å². The minimum absolute atomic E-state index is 0.0491. The molecule has 0 bridgehead atoms. The van der Waals surface area contributed by atoms with Gasteiger partial charge in [0.05, 0.1) is 17.9 Å². The zero-order chi connectivity index (χ0) is 15.5. The SMILES string of the molecule is c1ccc(CN2CC3(C[C@H](Oc4ccccn4)CCO3)C2)nc1. The Bertz CT molecular complexity index is 629. The van der Waals surface area contributed by atoms with E-state index >= 15 is 0 Å². The Kier molecular flexibility index (Phi) is 3.97. The van der Waals surface area contributed by atoms with E-state index < -0.39 is 0 Å². The predicted octanol–water partition coefficient (Wildman–Crippen LogP) is 2.29. The van der Waals surface area contributed by atoms with Crippen LogP contribution < -0.4 is 4.74 Å². The van der Waals surface area contributed by atoms with Crippen LogP contribution in [0.5, 0.6) is 5.88 Å². The van der Waals surface area contributed by atoms with E-state index in [-0.39, 0.29) is 11.7 Å². The molecular weight excluding hydrogens is 290 g/mol. The van der Waals surface area contributed by atoms with Gasteiger partial charge in [-0.15, -0.1) is 0 Å². The highest BCUT2D eigenvalue weighted by Crippen LogP contribution is 2.36. The summed E-state index contributed by atoms with van der Waals surface area (Å²) in [5, 5.41) is 0. The van der Waals surface area contributed by atoms with E-state index in [0.29, 0.717) is 5.88 Å². The van der Waals surface area contributed by atoms with Crippen molar-refractivity contribution in [2.75, 3.05) is 19.7 Å². The molecule has 0 unspecified atom stereocenters.